The third-order valence-electron chi connectivity index (χ3n) is 4.28. The molecule has 7 nitrogen and oxygen atoms in total. The van der Waals surface area contributed by atoms with Gasteiger partial charge in [-0.1, -0.05) is 24.3 Å². The summed E-state index contributed by atoms with van der Waals surface area (Å²) in [7, 11) is 1.68. The highest BCUT2D eigenvalue weighted by molar-refractivity contribution is 7.19. The number of carbonyl (C=O) groups excluding carboxylic acids is 1. The standard InChI is InChI=1S/C22H26N4O3S/c1-15(27)26-17-7-5-8-18(13-17)29-11-10-24-22(23-2)25-14-19(28)21-12-16-6-3-4-9-20(16)30-21/h3-9,12-13,19,28H,10-11,14H2,1-2H3,(H,26,27)(H2,23,24,25). The van der Waals surface area contributed by atoms with E-state index in [1.54, 1.807) is 30.5 Å². The number of fused-ring (bicyclic) bond motifs is 1. The van der Waals surface area contributed by atoms with Gasteiger partial charge in [0.2, 0.25) is 5.91 Å². The van der Waals surface area contributed by atoms with E-state index in [1.165, 1.54) is 6.92 Å². The Labute approximate surface area is 179 Å². The summed E-state index contributed by atoms with van der Waals surface area (Å²) in [6, 6.07) is 17.3. The van der Waals surface area contributed by atoms with Crippen molar-refractivity contribution in [1.82, 2.24) is 10.6 Å². The Kier molecular flexibility index (Phi) is 7.64. The minimum atomic E-state index is -0.617. The van der Waals surface area contributed by atoms with Gasteiger partial charge in [0.05, 0.1) is 6.54 Å². The number of ether oxygens (including phenoxy) is 1. The molecule has 0 saturated carbocycles. The fourth-order valence-corrected chi connectivity index (χ4v) is 3.94. The predicted octanol–water partition coefficient (Wildman–Crippen LogP) is 3.14. The van der Waals surface area contributed by atoms with Crippen molar-refractivity contribution in [3.63, 3.8) is 0 Å². The van der Waals surface area contributed by atoms with Crippen LogP contribution in [0.5, 0.6) is 5.75 Å². The van der Waals surface area contributed by atoms with E-state index in [1.807, 2.05) is 36.4 Å². The molecular formula is C22H26N4O3S. The first-order chi connectivity index (χ1) is 14.5. The second kappa shape index (κ2) is 10.6. The van der Waals surface area contributed by atoms with E-state index in [4.69, 9.17) is 4.74 Å². The number of hydrogen-bond donors (Lipinski definition) is 4. The highest BCUT2D eigenvalue weighted by Crippen LogP contribution is 2.29. The van der Waals surface area contributed by atoms with E-state index < -0.39 is 6.10 Å². The maximum absolute atomic E-state index is 11.1. The maximum Gasteiger partial charge on any atom is 0.221 e. The van der Waals surface area contributed by atoms with Crippen LogP contribution in [-0.4, -0.2) is 43.7 Å². The van der Waals surface area contributed by atoms with Gasteiger partial charge in [-0.05, 0) is 29.7 Å². The van der Waals surface area contributed by atoms with Crippen LogP contribution in [-0.2, 0) is 4.79 Å². The number of amides is 1. The minimum absolute atomic E-state index is 0.124. The highest BCUT2D eigenvalue weighted by Gasteiger charge is 2.12. The van der Waals surface area contributed by atoms with Gasteiger partial charge in [0.15, 0.2) is 5.96 Å². The Hall–Kier alpha value is -3.10. The molecule has 3 aromatic rings. The molecule has 0 aliphatic rings. The van der Waals surface area contributed by atoms with Crippen molar-refractivity contribution in [3.8, 4) is 5.75 Å². The quantitative estimate of drug-likeness (QED) is 0.252. The first-order valence-electron chi connectivity index (χ1n) is 9.66. The summed E-state index contributed by atoms with van der Waals surface area (Å²) in [4.78, 5) is 16.2. The van der Waals surface area contributed by atoms with Crippen molar-refractivity contribution in [2.45, 2.75) is 13.0 Å². The van der Waals surface area contributed by atoms with Crippen molar-refractivity contribution in [1.29, 1.82) is 0 Å². The lowest BCUT2D eigenvalue weighted by atomic mass is 10.2. The molecule has 30 heavy (non-hydrogen) atoms. The maximum atomic E-state index is 11.1. The molecule has 1 amide bonds. The van der Waals surface area contributed by atoms with Gasteiger partial charge in [-0.25, -0.2) is 0 Å². The molecule has 0 spiro atoms. The molecule has 3 rings (SSSR count). The highest BCUT2D eigenvalue weighted by atomic mass is 32.1. The molecule has 0 bridgehead atoms. The number of nitrogens with zero attached hydrogens (tertiary/aromatic N) is 1. The molecule has 0 saturated heterocycles. The molecule has 1 aromatic heterocycles. The number of hydrogen-bond acceptors (Lipinski definition) is 5. The number of aliphatic imine (C=N–C) groups is 1. The third-order valence-corrected chi connectivity index (χ3v) is 5.49. The molecule has 158 valence electrons. The van der Waals surface area contributed by atoms with Crippen molar-refractivity contribution in [2.24, 2.45) is 4.99 Å². The molecule has 0 fully saturated rings. The summed E-state index contributed by atoms with van der Waals surface area (Å²) >= 11 is 1.59. The summed E-state index contributed by atoms with van der Waals surface area (Å²) in [5.41, 5.74) is 0.695. The van der Waals surface area contributed by atoms with Gasteiger partial charge in [-0.3, -0.25) is 9.79 Å². The van der Waals surface area contributed by atoms with E-state index in [-0.39, 0.29) is 5.91 Å². The number of aliphatic hydroxyl groups is 1. The van der Waals surface area contributed by atoms with E-state index in [0.29, 0.717) is 37.1 Å². The van der Waals surface area contributed by atoms with Crippen molar-refractivity contribution in [3.05, 3.63) is 59.5 Å². The molecule has 0 aliphatic heterocycles. The van der Waals surface area contributed by atoms with Gasteiger partial charge in [-0.2, -0.15) is 0 Å². The molecule has 4 N–H and O–H groups in total. The number of aliphatic hydroxyl groups excluding tert-OH is 1. The number of benzene rings is 2. The Morgan fingerprint density at radius 2 is 2.00 bits per heavy atom. The van der Waals surface area contributed by atoms with Crippen molar-refractivity contribution >= 4 is 39.0 Å². The lowest BCUT2D eigenvalue weighted by Crippen LogP contribution is -2.41. The molecule has 0 radical (unpaired) electrons. The second-order valence-electron chi connectivity index (χ2n) is 6.64. The molecular weight excluding hydrogens is 400 g/mol. The lowest BCUT2D eigenvalue weighted by molar-refractivity contribution is -0.114. The van der Waals surface area contributed by atoms with Crippen LogP contribution in [0.15, 0.2) is 59.6 Å². The molecule has 0 aliphatic carbocycles. The van der Waals surface area contributed by atoms with Gasteiger partial charge in [0, 0.05) is 41.8 Å². The average Bonchev–Trinajstić information content (AvgIpc) is 3.17. The summed E-state index contributed by atoms with van der Waals surface area (Å²) in [6.45, 7) is 2.77. The summed E-state index contributed by atoms with van der Waals surface area (Å²) in [6.07, 6.45) is -0.617. The Morgan fingerprint density at radius 1 is 1.17 bits per heavy atom. The Bertz CT molecular complexity index is 985. The van der Waals surface area contributed by atoms with Crippen molar-refractivity contribution in [2.75, 3.05) is 32.1 Å². The van der Waals surface area contributed by atoms with Gasteiger partial charge < -0.3 is 25.8 Å². The van der Waals surface area contributed by atoms with Gasteiger partial charge >= 0.3 is 0 Å². The van der Waals surface area contributed by atoms with Crippen LogP contribution in [0.1, 0.15) is 17.9 Å². The number of carbonyl (C=O) groups is 1. The zero-order valence-electron chi connectivity index (χ0n) is 17.0. The van der Waals surface area contributed by atoms with E-state index in [0.717, 1.165) is 15.0 Å². The van der Waals surface area contributed by atoms with Gasteiger partial charge in [-0.15, -0.1) is 11.3 Å². The molecule has 1 atom stereocenters. The largest absolute Gasteiger partial charge is 0.492 e. The van der Waals surface area contributed by atoms with E-state index in [9.17, 15) is 9.90 Å². The topological polar surface area (TPSA) is 95.0 Å². The third kappa shape index (κ3) is 6.20. The average molecular weight is 427 g/mol. The predicted molar refractivity (Wildman–Crippen MR) is 122 cm³/mol. The van der Waals surface area contributed by atoms with E-state index in [2.05, 4.69) is 27.0 Å². The Balaban J connectivity index is 1.42. The smallest absolute Gasteiger partial charge is 0.221 e. The number of thiophene rings is 1. The van der Waals surface area contributed by atoms with Crippen molar-refractivity contribution < 1.29 is 14.6 Å². The number of rotatable bonds is 8. The van der Waals surface area contributed by atoms with Crippen LogP contribution in [0.2, 0.25) is 0 Å². The molecule has 1 heterocycles. The van der Waals surface area contributed by atoms with Gasteiger partial charge in [0.25, 0.3) is 0 Å². The second-order valence-corrected chi connectivity index (χ2v) is 7.76. The van der Waals surface area contributed by atoms with Crippen LogP contribution in [0.25, 0.3) is 10.1 Å². The molecule has 8 heteroatoms. The fraction of sp³-hybridized carbons (Fsp3) is 0.273. The number of guanidine groups is 1. The zero-order chi connectivity index (χ0) is 21.3. The normalized spacial score (nSPS) is 12.4. The molecule has 1 unspecified atom stereocenters. The van der Waals surface area contributed by atoms with E-state index >= 15 is 0 Å². The summed E-state index contributed by atoms with van der Waals surface area (Å²) < 4.78 is 6.87. The monoisotopic (exact) mass is 426 g/mol. The summed E-state index contributed by atoms with van der Waals surface area (Å²) in [5.74, 6) is 1.14. The van der Waals surface area contributed by atoms with Gasteiger partial charge in [0.1, 0.15) is 18.5 Å². The number of nitrogens with one attached hydrogen (secondary N) is 3. The van der Waals surface area contributed by atoms with Crippen LogP contribution < -0.4 is 20.7 Å². The van der Waals surface area contributed by atoms with Crippen LogP contribution in [0, 0.1) is 0 Å². The summed E-state index contributed by atoms with van der Waals surface area (Å²) in [5, 5.41) is 20.6. The Morgan fingerprint density at radius 3 is 2.77 bits per heavy atom. The van der Waals surface area contributed by atoms with Crippen LogP contribution in [0.3, 0.4) is 0 Å². The minimum Gasteiger partial charge on any atom is -0.492 e. The van der Waals surface area contributed by atoms with Crippen LogP contribution >= 0.6 is 11.3 Å². The molecule has 2 aromatic carbocycles. The SMILES string of the molecule is CN=C(NCCOc1cccc(NC(C)=O)c1)NCC(O)c1cc2ccccc2s1. The van der Waals surface area contributed by atoms with Crippen LogP contribution in [0.4, 0.5) is 5.69 Å². The first-order valence-corrected chi connectivity index (χ1v) is 10.5. The number of anilines is 1. The zero-order valence-corrected chi connectivity index (χ0v) is 17.8. The fourth-order valence-electron chi connectivity index (χ4n) is 2.89. The lowest BCUT2D eigenvalue weighted by Gasteiger charge is -2.15. The first kappa shape index (κ1) is 21.6.